The van der Waals surface area contributed by atoms with E-state index in [0.717, 1.165) is 11.3 Å². The van der Waals surface area contributed by atoms with E-state index < -0.39 is 0 Å². The van der Waals surface area contributed by atoms with Gasteiger partial charge in [-0.2, -0.15) is 0 Å². The Labute approximate surface area is 122 Å². The highest BCUT2D eigenvalue weighted by Crippen LogP contribution is 2.27. The maximum atomic E-state index is 12.3. The molecule has 0 saturated heterocycles. The molecule has 0 amide bonds. The van der Waals surface area contributed by atoms with Crippen molar-refractivity contribution in [3.63, 3.8) is 0 Å². The van der Waals surface area contributed by atoms with Gasteiger partial charge >= 0.3 is 0 Å². The van der Waals surface area contributed by atoms with Crippen LogP contribution in [0.15, 0.2) is 24.3 Å². The van der Waals surface area contributed by atoms with Crippen LogP contribution >= 0.6 is 0 Å². The summed E-state index contributed by atoms with van der Waals surface area (Å²) in [4.78, 5) is 12.3. The van der Waals surface area contributed by atoms with Crippen LogP contribution in [0.1, 0.15) is 69.2 Å². The summed E-state index contributed by atoms with van der Waals surface area (Å²) in [7, 11) is 0. The maximum Gasteiger partial charge on any atom is 0.163 e. The minimum Gasteiger partial charge on any atom is -0.491 e. The van der Waals surface area contributed by atoms with Gasteiger partial charge in [0.05, 0.1) is 6.10 Å². The molecule has 1 aromatic carbocycles. The average molecular weight is 274 g/mol. The molecule has 0 spiro atoms. The van der Waals surface area contributed by atoms with E-state index in [1.54, 1.807) is 0 Å². The highest BCUT2D eigenvalue weighted by molar-refractivity contribution is 5.96. The van der Waals surface area contributed by atoms with Crippen LogP contribution in [-0.2, 0) is 0 Å². The summed E-state index contributed by atoms with van der Waals surface area (Å²) in [5.74, 6) is 1.72. The molecule has 0 N–H and O–H groups in total. The standard InChI is InChI=1S/C18H26O2/c1-14(2)20-17-11-9-16(10-12-17)18(19)13-15-7-5-3-4-6-8-15/h9-12,14-15H,3-8,13H2,1-2H3. The van der Waals surface area contributed by atoms with Crippen LogP contribution in [0.2, 0.25) is 0 Å². The first kappa shape index (κ1) is 15.1. The average Bonchev–Trinajstić information content (AvgIpc) is 2.67. The summed E-state index contributed by atoms with van der Waals surface area (Å²) in [6.07, 6.45) is 8.59. The predicted molar refractivity (Wildman–Crippen MR) is 82.3 cm³/mol. The van der Waals surface area contributed by atoms with Crippen molar-refractivity contribution in [1.82, 2.24) is 0 Å². The van der Waals surface area contributed by atoms with Crippen molar-refractivity contribution in [2.45, 2.75) is 64.9 Å². The molecule has 1 fully saturated rings. The Bertz CT molecular complexity index is 412. The van der Waals surface area contributed by atoms with Gasteiger partial charge in [0.2, 0.25) is 0 Å². The Balaban J connectivity index is 1.91. The number of carbonyl (C=O) groups excluding carboxylic acids is 1. The largest absolute Gasteiger partial charge is 0.491 e. The quantitative estimate of drug-likeness (QED) is 0.557. The number of rotatable bonds is 5. The second kappa shape index (κ2) is 7.47. The predicted octanol–water partition coefficient (Wildman–Crippen LogP) is 5.02. The molecule has 0 bridgehead atoms. The molecule has 0 aliphatic heterocycles. The molecule has 1 aliphatic rings. The molecule has 0 unspecified atom stereocenters. The highest BCUT2D eigenvalue weighted by Gasteiger charge is 2.17. The van der Waals surface area contributed by atoms with Crippen molar-refractivity contribution in [3.8, 4) is 5.75 Å². The van der Waals surface area contributed by atoms with Gasteiger partial charge in [-0.1, -0.05) is 38.5 Å². The number of hydrogen-bond donors (Lipinski definition) is 0. The topological polar surface area (TPSA) is 26.3 Å². The van der Waals surface area contributed by atoms with E-state index in [1.165, 1.54) is 38.5 Å². The molecule has 0 aromatic heterocycles. The van der Waals surface area contributed by atoms with Gasteiger partial charge in [0.1, 0.15) is 5.75 Å². The van der Waals surface area contributed by atoms with E-state index in [4.69, 9.17) is 4.74 Å². The number of benzene rings is 1. The summed E-state index contributed by atoms with van der Waals surface area (Å²) in [5.41, 5.74) is 0.824. The molecule has 20 heavy (non-hydrogen) atoms. The van der Waals surface area contributed by atoms with Crippen molar-refractivity contribution >= 4 is 5.78 Å². The summed E-state index contributed by atoms with van der Waals surface area (Å²) < 4.78 is 5.60. The molecule has 1 aromatic rings. The zero-order chi connectivity index (χ0) is 14.4. The first-order valence-corrected chi connectivity index (χ1v) is 7.95. The van der Waals surface area contributed by atoms with Crippen LogP contribution < -0.4 is 4.74 Å². The number of hydrogen-bond acceptors (Lipinski definition) is 2. The zero-order valence-corrected chi connectivity index (χ0v) is 12.7. The van der Waals surface area contributed by atoms with Crippen molar-refractivity contribution in [2.24, 2.45) is 5.92 Å². The van der Waals surface area contributed by atoms with Gasteiger partial charge in [-0.05, 0) is 44.0 Å². The Morgan fingerprint density at radius 1 is 1.10 bits per heavy atom. The lowest BCUT2D eigenvalue weighted by molar-refractivity contribution is 0.0957. The summed E-state index contributed by atoms with van der Waals surface area (Å²) in [5, 5.41) is 0. The molecule has 0 atom stereocenters. The molecule has 1 aliphatic carbocycles. The number of ketones is 1. The summed E-state index contributed by atoms with van der Waals surface area (Å²) in [6, 6.07) is 7.61. The van der Waals surface area contributed by atoms with Crippen LogP contribution in [0, 0.1) is 5.92 Å². The van der Waals surface area contributed by atoms with Crippen LogP contribution in [0.3, 0.4) is 0 Å². The van der Waals surface area contributed by atoms with E-state index in [1.807, 2.05) is 38.1 Å². The van der Waals surface area contributed by atoms with Gasteiger partial charge in [-0.3, -0.25) is 4.79 Å². The van der Waals surface area contributed by atoms with Gasteiger partial charge in [0.25, 0.3) is 0 Å². The summed E-state index contributed by atoms with van der Waals surface area (Å²) in [6.45, 7) is 4.01. The molecule has 1 saturated carbocycles. The molecule has 2 heteroatoms. The smallest absolute Gasteiger partial charge is 0.163 e. The van der Waals surface area contributed by atoms with Crippen LogP contribution in [0.25, 0.3) is 0 Å². The fourth-order valence-electron chi connectivity index (χ4n) is 2.94. The maximum absolute atomic E-state index is 12.3. The van der Waals surface area contributed by atoms with Crippen molar-refractivity contribution in [3.05, 3.63) is 29.8 Å². The first-order valence-electron chi connectivity index (χ1n) is 7.95. The fourth-order valence-corrected chi connectivity index (χ4v) is 2.94. The third-order valence-electron chi connectivity index (χ3n) is 4.00. The third-order valence-corrected chi connectivity index (χ3v) is 4.00. The van der Waals surface area contributed by atoms with E-state index in [-0.39, 0.29) is 11.9 Å². The number of ether oxygens (including phenoxy) is 1. The molecule has 2 nitrogen and oxygen atoms in total. The minimum absolute atomic E-state index is 0.169. The van der Waals surface area contributed by atoms with Crippen LogP contribution in [0.5, 0.6) is 5.75 Å². The van der Waals surface area contributed by atoms with Gasteiger partial charge < -0.3 is 4.74 Å². The molecule has 110 valence electrons. The number of Topliss-reactive ketones (excluding diaryl/α,β-unsaturated/α-hetero) is 1. The van der Waals surface area contributed by atoms with E-state index in [9.17, 15) is 4.79 Å². The Morgan fingerprint density at radius 3 is 2.25 bits per heavy atom. The fraction of sp³-hybridized carbons (Fsp3) is 0.611. The normalized spacial score (nSPS) is 16.9. The summed E-state index contributed by atoms with van der Waals surface area (Å²) >= 11 is 0. The Hall–Kier alpha value is -1.31. The van der Waals surface area contributed by atoms with Gasteiger partial charge in [0.15, 0.2) is 5.78 Å². The van der Waals surface area contributed by atoms with Crippen LogP contribution in [-0.4, -0.2) is 11.9 Å². The Morgan fingerprint density at radius 2 is 1.70 bits per heavy atom. The lowest BCUT2D eigenvalue weighted by Gasteiger charge is -2.13. The van der Waals surface area contributed by atoms with Gasteiger partial charge in [-0.15, -0.1) is 0 Å². The molecule has 2 rings (SSSR count). The van der Waals surface area contributed by atoms with Crippen LogP contribution in [0.4, 0.5) is 0 Å². The first-order chi connectivity index (χ1) is 9.65. The van der Waals surface area contributed by atoms with E-state index in [0.29, 0.717) is 12.3 Å². The third kappa shape index (κ3) is 4.66. The lowest BCUT2D eigenvalue weighted by atomic mass is 9.92. The van der Waals surface area contributed by atoms with Crippen molar-refractivity contribution < 1.29 is 9.53 Å². The highest BCUT2D eigenvalue weighted by atomic mass is 16.5. The Kier molecular flexibility index (Phi) is 5.63. The van der Waals surface area contributed by atoms with E-state index >= 15 is 0 Å². The second-order valence-corrected chi connectivity index (χ2v) is 6.18. The van der Waals surface area contributed by atoms with Gasteiger partial charge in [-0.25, -0.2) is 0 Å². The van der Waals surface area contributed by atoms with Crippen molar-refractivity contribution in [1.29, 1.82) is 0 Å². The molecular formula is C18H26O2. The lowest BCUT2D eigenvalue weighted by Crippen LogP contribution is -2.09. The van der Waals surface area contributed by atoms with Gasteiger partial charge in [0, 0.05) is 12.0 Å². The molecule has 0 heterocycles. The monoisotopic (exact) mass is 274 g/mol. The molecular weight excluding hydrogens is 248 g/mol. The van der Waals surface area contributed by atoms with Crippen molar-refractivity contribution in [2.75, 3.05) is 0 Å². The molecule has 0 radical (unpaired) electrons. The second-order valence-electron chi connectivity index (χ2n) is 6.18. The SMILES string of the molecule is CC(C)Oc1ccc(C(=O)CC2CCCCCC2)cc1. The number of carbonyl (C=O) groups is 1. The zero-order valence-electron chi connectivity index (χ0n) is 12.7. The van der Waals surface area contributed by atoms with E-state index in [2.05, 4.69) is 0 Å². The minimum atomic E-state index is 0.169.